The Bertz CT molecular complexity index is 530. The summed E-state index contributed by atoms with van der Waals surface area (Å²) in [5.41, 5.74) is 6.69. The number of nitrogens with one attached hydrogen (secondary N) is 1. The van der Waals surface area contributed by atoms with E-state index in [1.165, 1.54) is 12.1 Å². The molecule has 1 aromatic rings. The number of hydrogen-bond acceptors (Lipinski definition) is 4. The lowest BCUT2D eigenvalue weighted by Gasteiger charge is -2.29. The second-order valence-electron chi connectivity index (χ2n) is 5.24. The number of amides is 1. The first-order chi connectivity index (χ1) is 9.50. The van der Waals surface area contributed by atoms with E-state index in [1.807, 2.05) is 0 Å². The zero-order valence-electron chi connectivity index (χ0n) is 11.5. The molecule has 0 aliphatic heterocycles. The van der Waals surface area contributed by atoms with Gasteiger partial charge in [-0.25, -0.2) is 0 Å². The van der Waals surface area contributed by atoms with Gasteiger partial charge in [0, 0.05) is 29.3 Å². The molecular formula is C14H19N3O3. The van der Waals surface area contributed by atoms with Gasteiger partial charge in [0.2, 0.25) is 0 Å². The minimum Gasteiger partial charge on any atom is -0.348 e. The SMILES string of the molecule is Cc1c(C(=O)NC2CCCCC2N)cccc1[N+](=O)[O-]. The molecule has 1 fully saturated rings. The van der Waals surface area contributed by atoms with Gasteiger partial charge in [-0.3, -0.25) is 14.9 Å². The van der Waals surface area contributed by atoms with E-state index in [4.69, 9.17) is 5.73 Å². The molecule has 1 amide bonds. The van der Waals surface area contributed by atoms with Crippen molar-refractivity contribution in [1.82, 2.24) is 5.32 Å². The third-order valence-corrected chi connectivity index (χ3v) is 3.88. The van der Waals surface area contributed by atoms with E-state index in [2.05, 4.69) is 5.32 Å². The lowest BCUT2D eigenvalue weighted by molar-refractivity contribution is -0.385. The number of hydrogen-bond donors (Lipinski definition) is 2. The van der Waals surface area contributed by atoms with E-state index in [-0.39, 0.29) is 23.7 Å². The van der Waals surface area contributed by atoms with E-state index in [1.54, 1.807) is 13.0 Å². The summed E-state index contributed by atoms with van der Waals surface area (Å²) in [5.74, 6) is -0.284. The van der Waals surface area contributed by atoms with E-state index in [0.29, 0.717) is 11.1 Å². The van der Waals surface area contributed by atoms with Crippen LogP contribution in [0.3, 0.4) is 0 Å². The van der Waals surface area contributed by atoms with Crippen molar-refractivity contribution < 1.29 is 9.72 Å². The monoisotopic (exact) mass is 277 g/mol. The van der Waals surface area contributed by atoms with Crippen LogP contribution in [0.15, 0.2) is 18.2 Å². The van der Waals surface area contributed by atoms with E-state index in [9.17, 15) is 14.9 Å². The fourth-order valence-corrected chi connectivity index (χ4v) is 2.65. The Morgan fingerprint density at radius 3 is 2.75 bits per heavy atom. The van der Waals surface area contributed by atoms with Gasteiger partial charge in [0.15, 0.2) is 0 Å². The first kappa shape index (κ1) is 14.5. The standard InChI is InChI=1S/C14H19N3O3/c1-9-10(5-4-8-13(9)17(19)20)14(18)16-12-7-3-2-6-11(12)15/h4-5,8,11-12H,2-3,6-7,15H2,1H3,(H,16,18). The van der Waals surface area contributed by atoms with Gasteiger partial charge in [-0.05, 0) is 25.8 Å². The molecule has 2 rings (SSSR count). The molecule has 1 saturated carbocycles. The summed E-state index contributed by atoms with van der Waals surface area (Å²) < 4.78 is 0. The summed E-state index contributed by atoms with van der Waals surface area (Å²) in [5, 5.41) is 13.8. The van der Waals surface area contributed by atoms with Gasteiger partial charge in [0.1, 0.15) is 0 Å². The third-order valence-electron chi connectivity index (χ3n) is 3.88. The Kier molecular flexibility index (Phi) is 4.34. The fourth-order valence-electron chi connectivity index (χ4n) is 2.65. The molecule has 1 aliphatic rings. The molecule has 2 unspecified atom stereocenters. The van der Waals surface area contributed by atoms with Crippen molar-refractivity contribution in [2.45, 2.75) is 44.7 Å². The molecule has 0 radical (unpaired) electrons. The molecule has 0 heterocycles. The molecular weight excluding hydrogens is 258 g/mol. The summed E-state index contributed by atoms with van der Waals surface area (Å²) in [6, 6.07) is 4.45. The van der Waals surface area contributed by atoms with Crippen LogP contribution in [0.2, 0.25) is 0 Å². The second-order valence-corrected chi connectivity index (χ2v) is 5.24. The highest BCUT2D eigenvalue weighted by Crippen LogP contribution is 2.22. The number of nitrogens with two attached hydrogens (primary N) is 1. The summed E-state index contributed by atoms with van der Waals surface area (Å²) in [7, 11) is 0. The number of nitrogens with zero attached hydrogens (tertiary/aromatic N) is 1. The highest BCUT2D eigenvalue weighted by molar-refractivity contribution is 5.96. The molecule has 6 nitrogen and oxygen atoms in total. The lowest BCUT2D eigenvalue weighted by Crippen LogP contribution is -2.49. The van der Waals surface area contributed by atoms with E-state index in [0.717, 1.165) is 25.7 Å². The van der Waals surface area contributed by atoms with Crippen molar-refractivity contribution in [2.24, 2.45) is 5.73 Å². The van der Waals surface area contributed by atoms with Crippen LogP contribution in [-0.4, -0.2) is 22.9 Å². The molecule has 20 heavy (non-hydrogen) atoms. The van der Waals surface area contributed by atoms with Crippen molar-refractivity contribution in [3.63, 3.8) is 0 Å². The molecule has 6 heteroatoms. The van der Waals surface area contributed by atoms with Crippen LogP contribution >= 0.6 is 0 Å². The topological polar surface area (TPSA) is 98.3 Å². The van der Waals surface area contributed by atoms with Crippen LogP contribution in [0, 0.1) is 17.0 Å². The number of benzene rings is 1. The summed E-state index contributed by atoms with van der Waals surface area (Å²) in [6.45, 7) is 1.59. The molecule has 108 valence electrons. The number of carbonyl (C=O) groups excluding carboxylic acids is 1. The van der Waals surface area contributed by atoms with E-state index < -0.39 is 4.92 Å². The predicted octanol–water partition coefficient (Wildman–Crippen LogP) is 1.90. The smallest absolute Gasteiger partial charge is 0.273 e. The maximum atomic E-state index is 12.3. The Morgan fingerprint density at radius 2 is 2.10 bits per heavy atom. The van der Waals surface area contributed by atoms with Crippen molar-refractivity contribution in [3.8, 4) is 0 Å². The molecule has 0 saturated heterocycles. The second kappa shape index (κ2) is 6.00. The normalized spacial score (nSPS) is 22.3. The fraction of sp³-hybridized carbons (Fsp3) is 0.500. The molecule has 0 bridgehead atoms. The lowest BCUT2D eigenvalue weighted by atomic mass is 9.90. The Labute approximate surface area is 117 Å². The quantitative estimate of drug-likeness (QED) is 0.651. The molecule has 1 aromatic carbocycles. The van der Waals surface area contributed by atoms with Gasteiger partial charge >= 0.3 is 0 Å². The Morgan fingerprint density at radius 1 is 1.40 bits per heavy atom. The van der Waals surface area contributed by atoms with Crippen molar-refractivity contribution in [3.05, 3.63) is 39.4 Å². The van der Waals surface area contributed by atoms with Crippen molar-refractivity contribution in [1.29, 1.82) is 0 Å². The zero-order valence-corrected chi connectivity index (χ0v) is 11.5. The average molecular weight is 277 g/mol. The molecule has 3 N–H and O–H groups in total. The molecule has 1 aliphatic carbocycles. The minimum absolute atomic E-state index is 0.0355. The first-order valence-electron chi connectivity index (χ1n) is 6.81. The third kappa shape index (κ3) is 2.96. The maximum Gasteiger partial charge on any atom is 0.273 e. The maximum absolute atomic E-state index is 12.3. The number of nitro groups is 1. The molecule has 0 aromatic heterocycles. The van der Waals surface area contributed by atoms with Crippen LogP contribution in [-0.2, 0) is 0 Å². The predicted molar refractivity (Wildman–Crippen MR) is 75.5 cm³/mol. The first-order valence-corrected chi connectivity index (χ1v) is 6.81. The Balaban J connectivity index is 2.17. The van der Waals surface area contributed by atoms with Crippen molar-refractivity contribution in [2.75, 3.05) is 0 Å². The van der Waals surface area contributed by atoms with Crippen LogP contribution in [0.4, 0.5) is 5.69 Å². The van der Waals surface area contributed by atoms with Gasteiger partial charge in [-0.1, -0.05) is 18.9 Å². The largest absolute Gasteiger partial charge is 0.348 e. The van der Waals surface area contributed by atoms with Gasteiger partial charge in [-0.15, -0.1) is 0 Å². The van der Waals surface area contributed by atoms with Gasteiger partial charge in [0.05, 0.1) is 4.92 Å². The zero-order chi connectivity index (χ0) is 14.7. The van der Waals surface area contributed by atoms with Crippen LogP contribution < -0.4 is 11.1 Å². The summed E-state index contributed by atoms with van der Waals surface area (Å²) >= 11 is 0. The van der Waals surface area contributed by atoms with Gasteiger partial charge < -0.3 is 11.1 Å². The van der Waals surface area contributed by atoms with E-state index >= 15 is 0 Å². The average Bonchev–Trinajstić information content (AvgIpc) is 2.41. The van der Waals surface area contributed by atoms with Crippen molar-refractivity contribution >= 4 is 11.6 Å². The minimum atomic E-state index is -0.474. The highest BCUT2D eigenvalue weighted by atomic mass is 16.6. The summed E-state index contributed by atoms with van der Waals surface area (Å²) in [6.07, 6.45) is 3.90. The Hall–Kier alpha value is -1.95. The number of rotatable bonds is 3. The van der Waals surface area contributed by atoms with Crippen LogP contribution in [0.5, 0.6) is 0 Å². The van der Waals surface area contributed by atoms with Crippen LogP contribution in [0.25, 0.3) is 0 Å². The number of nitro benzene ring substituents is 1. The van der Waals surface area contributed by atoms with Gasteiger partial charge in [0.25, 0.3) is 11.6 Å². The summed E-state index contributed by atoms with van der Waals surface area (Å²) in [4.78, 5) is 22.7. The highest BCUT2D eigenvalue weighted by Gasteiger charge is 2.25. The van der Waals surface area contributed by atoms with Crippen LogP contribution in [0.1, 0.15) is 41.6 Å². The molecule has 2 atom stereocenters. The van der Waals surface area contributed by atoms with Gasteiger partial charge in [-0.2, -0.15) is 0 Å². The number of carbonyl (C=O) groups is 1. The molecule has 0 spiro atoms.